The van der Waals surface area contributed by atoms with E-state index in [0.29, 0.717) is 12.5 Å². The van der Waals surface area contributed by atoms with Gasteiger partial charge in [-0.25, -0.2) is 4.79 Å². The zero-order chi connectivity index (χ0) is 12.6. The second-order valence-corrected chi connectivity index (χ2v) is 4.83. The predicted octanol–water partition coefficient (Wildman–Crippen LogP) is 3.88. The lowest BCUT2D eigenvalue weighted by Crippen LogP contribution is -2.07. The maximum Gasteiger partial charge on any atom is 0.330 e. The lowest BCUT2D eigenvalue weighted by molar-refractivity contribution is -0.138. The molecule has 0 aromatic rings. The van der Waals surface area contributed by atoms with E-state index in [4.69, 9.17) is 4.74 Å². The minimum atomic E-state index is -0.219. The summed E-state index contributed by atoms with van der Waals surface area (Å²) in [5.41, 5.74) is 2.39. The highest BCUT2D eigenvalue weighted by molar-refractivity contribution is 5.82. The van der Waals surface area contributed by atoms with Crippen molar-refractivity contribution in [2.75, 3.05) is 6.61 Å². The van der Waals surface area contributed by atoms with Crippen LogP contribution in [0.5, 0.6) is 0 Å². The van der Waals surface area contributed by atoms with Crippen LogP contribution in [0.25, 0.3) is 0 Å². The molecule has 0 aromatic heterocycles. The molecule has 0 radical (unpaired) electrons. The van der Waals surface area contributed by atoms with Gasteiger partial charge in [0, 0.05) is 6.08 Å². The van der Waals surface area contributed by atoms with Crippen molar-refractivity contribution >= 4 is 5.97 Å². The second-order valence-electron chi connectivity index (χ2n) is 4.83. The zero-order valence-electron chi connectivity index (χ0n) is 11.2. The van der Waals surface area contributed by atoms with Crippen LogP contribution in [0.1, 0.15) is 47.5 Å². The third kappa shape index (κ3) is 9.50. The number of hydrogen-bond acceptors (Lipinski definition) is 2. The number of carbonyl (C=O) groups excluding carboxylic acids is 1. The Labute approximate surface area is 99.4 Å². The first-order chi connectivity index (χ1) is 7.41. The van der Waals surface area contributed by atoms with Gasteiger partial charge in [0.2, 0.25) is 0 Å². The third-order valence-electron chi connectivity index (χ3n) is 2.01. The maximum atomic E-state index is 11.3. The molecule has 2 heteroatoms. The Balaban J connectivity index is 3.92. The average molecular weight is 224 g/mol. The predicted molar refractivity (Wildman–Crippen MR) is 68.2 cm³/mol. The van der Waals surface area contributed by atoms with Crippen molar-refractivity contribution in [1.29, 1.82) is 0 Å². The molecule has 0 spiro atoms. The molecule has 0 N–H and O–H groups in total. The molecule has 0 aliphatic rings. The summed E-state index contributed by atoms with van der Waals surface area (Å²) in [6.45, 7) is 10.7. The zero-order valence-corrected chi connectivity index (χ0v) is 11.2. The first-order valence-corrected chi connectivity index (χ1v) is 5.89. The summed E-state index contributed by atoms with van der Waals surface area (Å²) in [6.07, 6.45) is 5.68. The number of ether oxygens (including phenoxy) is 1. The Bertz CT molecular complexity index is 268. The Morgan fingerprint density at radius 2 is 1.88 bits per heavy atom. The molecular formula is C14H24O2. The summed E-state index contributed by atoms with van der Waals surface area (Å²) < 4.78 is 5.07. The Morgan fingerprint density at radius 3 is 2.38 bits per heavy atom. The van der Waals surface area contributed by atoms with Crippen molar-refractivity contribution in [2.24, 2.45) is 5.92 Å². The highest BCUT2D eigenvalue weighted by Crippen LogP contribution is 2.07. The standard InChI is InChI=1S/C14H24O2/c1-11(2)7-6-8-13(5)9-14(15)16-10-12(3)4/h7,9,12H,6,8,10H2,1-5H3/b13-9+. The van der Waals surface area contributed by atoms with Crippen molar-refractivity contribution in [3.05, 3.63) is 23.3 Å². The molecule has 0 aromatic carbocycles. The molecule has 92 valence electrons. The van der Waals surface area contributed by atoms with Crippen LogP contribution >= 0.6 is 0 Å². The molecule has 0 bridgehead atoms. The largest absolute Gasteiger partial charge is 0.462 e. The Hall–Kier alpha value is -1.05. The van der Waals surface area contributed by atoms with E-state index in [1.54, 1.807) is 6.08 Å². The summed E-state index contributed by atoms with van der Waals surface area (Å²) in [6, 6.07) is 0. The molecule has 0 fully saturated rings. The molecule has 0 atom stereocenters. The van der Waals surface area contributed by atoms with Crippen LogP contribution in [0.15, 0.2) is 23.3 Å². The van der Waals surface area contributed by atoms with Crippen LogP contribution in [-0.4, -0.2) is 12.6 Å². The number of rotatable bonds is 6. The van der Waals surface area contributed by atoms with Gasteiger partial charge >= 0.3 is 5.97 Å². The summed E-state index contributed by atoms with van der Waals surface area (Å²) in [7, 11) is 0. The van der Waals surface area contributed by atoms with Crippen LogP contribution in [-0.2, 0) is 9.53 Å². The average Bonchev–Trinajstić information content (AvgIpc) is 2.14. The molecule has 0 unspecified atom stereocenters. The quantitative estimate of drug-likeness (QED) is 0.389. The van der Waals surface area contributed by atoms with E-state index in [1.165, 1.54) is 5.57 Å². The maximum absolute atomic E-state index is 11.3. The molecule has 0 aliphatic heterocycles. The minimum absolute atomic E-state index is 0.219. The lowest BCUT2D eigenvalue weighted by Gasteiger charge is -2.05. The van der Waals surface area contributed by atoms with Gasteiger partial charge in [0.05, 0.1) is 6.61 Å². The van der Waals surface area contributed by atoms with Gasteiger partial charge in [-0.1, -0.05) is 31.1 Å². The van der Waals surface area contributed by atoms with E-state index in [-0.39, 0.29) is 5.97 Å². The van der Waals surface area contributed by atoms with Gasteiger partial charge in [0.15, 0.2) is 0 Å². The molecule has 16 heavy (non-hydrogen) atoms. The second kappa shape index (κ2) is 8.14. The third-order valence-corrected chi connectivity index (χ3v) is 2.01. The molecule has 0 aliphatic carbocycles. The van der Waals surface area contributed by atoms with Crippen molar-refractivity contribution in [2.45, 2.75) is 47.5 Å². The Morgan fingerprint density at radius 1 is 1.25 bits per heavy atom. The highest BCUT2D eigenvalue weighted by atomic mass is 16.5. The van der Waals surface area contributed by atoms with Crippen molar-refractivity contribution < 1.29 is 9.53 Å². The van der Waals surface area contributed by atoms with Gasteiger partial charge in [0.25, 0.3) is 0 Å². The lowest BCUT2D eigenvalue weighted by atomic mass is 10.1. The molecule has 0 amide bonds. The SMILES string of the molecule is CC(C)=CCC/C(C)=C/C(=O)OCC(C)C. The van der Waals surface area contributed by atoms with Gasteiger partial charge < -0.3 is 4.74 Å². The first-order valence-electron chi connectivity index (χ1n) is 5.89. The Kier molecular flexibility index (Phi) is 7.61. The summed E-state index contributed by atoms with van der Waals surface area (Å²) in [5.74, 6) is 0.173. The number of esters is 1. The number of allylic oxidation sites excluding steroid dienone is 3. The van der Waals surface area contributed by atoms with Crippen molar-refractivity contribution in [3.63, 3.8) is 0 Å². The van der Waals surface area contributed by atoms with Crippen LogP contribution in [0.2, 0.25) is 0 Å². The molecule has 0 saturated heterocycles. The molecular weight excluding hydrogens is 200 g/mol. The summed E-state index contributed by atoms with van der Waals surface area (Å²) in [5, 5.41) is 0. The highest BCUT2D eigenvalue weighted by Gasteiger charge is 2.01. The number of carbonyl (C=O) groups is 1. The van der Waals surface area contributed by atoms with E-state index in [0.717, 1.165) is 18.4 Å². The summed E-state index contributed by atoms with van der Waals surface area (Å²) in [4.78, 5) is 11.3. The monoisotopic (exact) mass is 224 g/mol. The molecule has 0 saturated carbocycles. The summed E-state index contributed by atoms with van der Waals surface area (Å²) >= 11 is 0. The van der Waals surface area contributed by atoms with E-state index in [2.05, 4.69) is 19.9 Å². The first kappa shape index (κ1) is 14.9. The fraction of sp³-hybridized carbons (Fsp3) is 0.643. The fourth-order valence-electron chi connectivity index (χ4n) is 1.15. The van der Waals surface area contributed by atoms with Crippen LogP contribution in [0.4, 0.5) is 0 Å². The topological polar surface area (TPSA) is 26.3 Å². The van der Waals surface area contributed by atoms with Gasteiger partial charge in [-0.05, 0) is 39.5 Å². The fourth-order valence-corrected chi connectivity index (χ4v) is 1.15. The van der Waals surface area contributed by atoms with Gasteiger partial charge in [-0.15, -0.1) is 0 Å². The van der Waals surface area contributed by atoms with E-state index < -0.39 is 0 Å². The van der Waals surface area contributed by atoms with Gasteiger partial charge in [0.1, 0.15) is 0 Å². The van der Waals surface area contributed by atoms with E-state index >= 15 is 0 Å². The van der Waals surface area contributed by atoms with Crippen molar-refractivity contribution in [3.8, 4) is 0 Å². The van der Waals surface area contributed by atoms with Gasteiger partial charge in [-0.2, -0.15) is 0 Å². The van der Waals surface area contributed by atoms with Crippen molar-refractivity contribution in [1.82, 2.24) is 0 Å². The normalized spacial score (nSPS) is 11.5. The van der Waals surface area contributed by atoms with Crippen LogP contribution in [0, 0.1) is 5.92 Å². The molecule has 2 nitrogen and oxygen atoms in total. The van der Waals surface area contributed by atoms with Crippen LogP contribution < -0.4 is 0 Å². The molecule has 0 rings (SSSR count). The van der Waals surface area contributed by atoms with Gasteiger partial charge in [-0.3, -0.25) is 0 Å². The van der Waals surface area contributed by atoms with E-state index in [1.807, 2.05) is 20.8 Å². The smallest absolute Gasteiger partial charge is 0.330 e. The molecule has 0 heterocycles. The minimum Gasteiger partial charge on any atom is -0.462 e. The number of hydrogen-bond donors (Lipinski definition) is 0. The van der Waals surface area contributed by atoms with E-state index in [9.17, 15) is 4.79 Å². The van der Waals surface area contributed by atoms with Crippen LogP contribution in [0.3, 0.4) is 0 Å².